The number of anilines is 1. The minimum absolute atomic E-state index is 0.520. The lowest BCUT2D eigenvalue weighted by Crippen LogP contribution is -2.29. The molecule has 0 aromatic carbocycles. The number of thiazole rings is 1. The summed E-state index contributed by atoms with van der Waals surface area (Å²) in [6.45, 7) is 17.5. The van der Waals surface area contributed by atoms with E-state index in [0.29, 0.717) is 6.04 Å². The van der Waals surface area contributed by atoms with Gasteiger partial charge in [0, 0.05) is 36.8 Å². The fraction of sp³-hybridized carbons (Fsp3) is 0.812. The van der Waals surface area contributed by atoms with Crippen LogP contribution >= 0.6 is 11.3 Å². The van der Waals surface area contributed by atoms with E-state index in [1.807, 2.05) is 17.5 Å². The summed E-state index contributed by atoms with van der Waals surface area (Å²) >= 11 is 1.82. The number of rotatable bonds is 11. The molecule has 5 heteroatoms. The maximum Gasteiger partial charge on any atom is 0.185 e. The Kier molecular flexibility index (Phi) is 8.88. The van der Waals surface area contributed by atoms with Gasteiger partial charge in [0.2, 0.25) is 0 Å². The molecule has 4 nitrogen and oxygen atoms in total. The molecule has 0 aliphatic carbocycles. The molecule has 1 rings (SSSR count). The molecule has 21 heavy (non-hydrogen) atoms. The molecule has 0 fully saturated rings. The van der Waals surface area contributed by atoms with Crippen LogP contribution in [-0.2, 0) is 6.54 Å². The summed E-state index contributed by atoms with van der Waals surface area (Å²) < 4.78 is 0. The Labute approximate surface area is 134 Å². The second-order valence-electron chi connectivity index (χ2n) is 5.60. The minimum atomic E-state index is 0.520. The van der Waals surface area contributed by atoms with Crippen LogP contribution in [0.1, 0.15) is 45.9 Å². The highest BCUT2D eigenvalue weighted by atomic mass is 32.1. The van der Waals surface area contributed by atoms with Crippen molar-refractivity contribution in [3.05, 3.63) is 11.1 Å². The predicted molar refractivity (Wildman–Crippen MR) is 94.4 cm³/mol. The van der Waals surface area contributed by atoms with Crippen LogP contribution in [0.3, 0.4) is 0 Å². The zero-order valence-electron chi connectivity index (χ0n) is 14.4. The van der Waals surface area contributed by atoms with Crippen molar-refractivity contribution < 1.29 is 0 Å². The summed E-state index contributed by atoms with van der Waals surface area (Å²) in [6.07, 6.45) is 3.22. The first-order valence-electron chi connectivity index (χ1n) is 8.26. The number of hydrogen-bond donors (Lipinski definition) is 1. The van der Waals surface area contributed by atoms with E-state index >= 15 is 0 Å². The largest absolute Gasteiger partial charge is 0.348 e. The van der Waals surface area contributed by atoms with Gasteiger partial charge < -0.3 is 15.1 Å². The maximum absolute atomic E-state index is 4.59. The maximum atomic E-state index is 4.59. The van der Waals surface area contributed by atoms with Crippen LogP contribution in [0.2, 0.25) is 0 Å². The Morgan fingerprint density at radius 3 is 2.43 bits per heavy atom. The van der Waals surface area contributed by atoms with Crippen LogP contribution in [0.25, 0.3) is 0 Å². The molecule has 0 amide bonds. The van der Waals surface area contributed by atoms with Crippen LogP contribution in [0.4, 0.5) is 5.13 Å². The number of hydrogen-bond acceptors (Lipinski definition) is 5. The molecule has 0 aliphatic rings. The third-order valence-corrected chi connectivity index (χ3v) is 4.73. The van der Waals surface area contributed by atoms with Crippen molar-refractivity contribution in [2.24, 2.45) is 0 Å². The monoisotopic (exact) mass is 312 g/mol. The zero-order valence-corrected chi connectivity index (χ0v) is 15.2. The molecule has 0 spiro atoms. The van der Waals surface area contributed by atoms with Gasteiger partial charge >= 0.3 is 0 Å². The van der Waals surface area contributed by atoms with E-state index in [0.717, 1.165) is 37.9 Å². The molecule has 1 aromatic rings. The summed E-state index contributed by atoms with van der Waals surface area (Å²) in [5.74, 6) is 0. The summed E-state index contributed by atoms with van der Waals surface area (Å²) in [5.41, 5.74) is 0. The van der Waals surface area contributed by atoms with Crippen LogP contribution < -0.4 is 10.2 Å². The Morgan fingerprint density at radius 2 is 1.86 bits per heavy atom. The summed E-state index contributed by atoms with van der Waals surface area (Å²) in [7, 11) is 0. The molecule has 0 atom stereocenters. The molecular weight excluding hydrogens is 280 g/mol. The Balaban J connectivity index is 2.44. The zero-order chi connectivity index (χ0) is 15.7. The van der Waals surface area contributed by atoms with Crippen molar-refractivity contribution in [2.45, 2.75) is 53.6 Å². The van der Waals surface area contributed by atoms with E-state index < -0.39 is 0 Å². The summed E-state index contributed by atoms with van der Waals surface area (Å²) in [6, 6.07) is 0.520. The van der Waals surface area contributed by atoms with Crippen LogP contribution in [-0.4, -0.2) is 48.6 Å². The Bertz CT molecular complexity index is 374. The highest BCUT2D eigenvalue weighted by Gasteiger charge is 2.10. The van der Waals surface area contributed by atoms with E-state index in [9.17, 15) is 0 Å². The van der Waals surface area contributed by atoms with Gasteiger partial charge in [0.15, 0.2) is 5.13 Å². The van der Waals surface area contributed by atoms with Crippen molar-refractivity contribution in [3.63, 3.8) is 0 Å². The average molecular weight is 313 g/mol. The number of aromatic nitrogens is 1. The third kappa shape index (κ3) is 6.76. The van der Waals surface area contributed by atoms with E-state index in [1.165, 1.54) is 17.8 Å². The molecule has 122 valence electrons. The van der Waals surface area contributed by atoms with Gasteiger partial charge in [-0.3, -0.25) is 0 Å². The van der Waals surface area contributed by atoms with E-state index in [-0.39, 0.29) is 0 Å². The molecule has 0 saturated carbocycles. The van der Waals surface area contributed by atoms with E-state index in [2.05, 4.69) is 54.7 Å². The molecule has 1 N–H and O–H groups in total. The quantitative estimate of drug-likeness (QED) is 0.680. The van der Waals surface area contributed by atoms with Crippen molar-refractivity contribution in [1.29, 1.82) is 0 Å². The van der Waals surface area contributed by atoms with Gasteiger partial charge in [-0.15, -0.1) is 11.3 Å². The molecular formula is C16H32N4S. The SMILES string of the molecule is CCN(CC)CCCN(CC)c1ncc(CNC(C)C)s1. The van der Waals surface area contributed by atoms with E-state index in [4.69, 9.17) is 0 Å². The summed E-state index contributed by atoms with van der Waals surface area (Å²) in [4.78, 5) is 10.8. The van der Waals surface area contributed by atoms with Gasteiger partial charge in [-0.05, 0) is 33.0 Å². The minimum Gasteiger partial charge on any atom is -0.348 e. The van der Waals surface area contributed by atoms with Crippen molar-refractivity contribution >= 4 is 16.5 Å². The number of nitrogens with one attached hydrogen (secondary N) is 1. The fourth-order valence-corrected chi connectivity index (χ4v) is 3.19. The van der Waals surface area contributed by atoms with Crippen molar-refractivity contribution in [3.8, 4) is 0 Å². The lowest BCUT2D eigenvalue weighted by molar-refractivity contribution is 0.301. The first-order chi connectivity index (χ1) is 10.1. The van der Waals surface area contributed by atoms with Gasteiger partial charge in [-0.1, -0.05) is 27.7 Å². The molecule has 1 heterocycles. The van der Waals surface area contributed by atoms with Crippen LogP contribution in [0.15, 0.2) is 6.20 Å². The fourth-order valence-electron chi connectivity index (χ4n) is 2.24. The molecule has 0 aliphatic heterocycles. The second kappa shape index (κ2) is 10.1. The smallest absolute Gasteiger partial charge is 0.185 e. The van der Waals surface area contributed by atoms with Crippen LogP contribution in [0.5, 0.6) is 0 Å². The van der Waals surface area contributed by atoms with Crippen LogP contribution in [0, 0.1) is 0 Å². The molecule has 0 radical (unpaired) electrons. The lowest BCUT2D eigenvalue weighted by Gasteiger charge is -2.23. The van der Waals surface area contributed by atoms with Crippen molar-refractivity contribution in [2.75, 3.05) is 37.6 Å². The lowest BCUT2D eigenvalue weighted by atomic mass is 10.3. The van der Waals surface area contributed by atoms with Crippen molar-refractivity contribution in [1.82, 2.24) is 15.2 Å². The number of nitrogens with zero attached hydrogens (tertiary/aromatic N) is 3. The first kappa shape index (κ1) is 18.4. The predicted octanol–water partition coefficient (Wildman–Crippen LogP) is 3.20. The molecule has 0 unspecified atom stereocenters. The molecule has 1 aromatic heterocycles. The van der Waals surface area contributed by atoms with Gasteiger partial charge in [0.05, 0.1) is 0 Å². The topological polar surface area (TPSA) is 31.4 Å². The third-order valence-electron chi connectivity index (χ3n) is 3.67. The normalized spacial score (nSPS) is 11.6. The van der Waals surface area contributed by atoms with E-state index in [1.54, 1.807) is 0 Å². The van der Waals surface area contributed by atoms with Gasteiger partial charge in [0.1, 0.15) is 0 Å². The molecule has 0 saturated heterocycles. The standard InChI is InChI=1S/C16H32N4S/c1-6-19(7-2)10-9-11-20(8-3)16-18-13-15(21-16)12-17-14(4)5/h13-14,17H,6-12H2,1-5H3. The highest BCUT2D eigenvalue weighted by molar-refractivity contribution is 7.15. The van der Waals surface area contributed by atoms with Gasteiger partial charge in [0.25, 0.3) is 0 Å². The van der Waals surface area contributed by atoms with Gasteiger partial charge in [-0.2, -0.15) is 0 Å². The average Bonchev–Trinajstić information content (AvgIpc) is 2.94. The second-order valence-corrected chi connectivity index (χ2v) is 6.70. The molecule has 0 bridgehead atoms. The first-order valence-corrected chi connectivity index (χ1v) is 9.07. The van der Waals surface area contributed by atoms with Gasteiger partial charge in [-0.25, -0.2) is 4.98 Å². The highest BCUT2D eigenvalue weighted by Crippen LogP contribution is 2.22. The Hall–Kier alpha value is -0.650. The Morgan fingerprint density at radius 1 is 1.14 bits per heavy atom. The summed E-state index contributed by atoms with van der Waals surface area (Å²) in [5, 5.41) is 4.62.